The molecule has 1 N–H and O–H groups in total. The maximum absolute atomic E-state index is 5.92. The SMILES string of the molecule is COc1cc(CNC[C@@H]2OCCc3ccccc32)cc(OC)c1. The minimum atomic E-state index is 0.118. The van der Waals surface area contributed by atoms with Gasteiger partial charge in [-0.3, -0.25) is 0 Å². The quantitative estimate of drug-likeness (QED) is 0.889. The van der Waals surface area contributed by atoms with Crippen LogP contribution in [0, 0.1) is 0 Å². The highest BCUT2D eigenvalue weighted by atomic mass is 16.5. The molecule has 23 heavy (non-hydrogen) atoms. The van der Waals surface area contributed by atoms with Gasteiger partial charge in [-0.1, -0.05) is 24.3 Å². The fourth-order valence-electron chi connectivity index (χ4n) is 2.96. The summed E-state index contributed by atoms with van der Waals surface area (Å²) in [6, 6.07) is 14.4. The number of ether oxygens (including phenoxy) is 3. The molecular weight excluding hydrogens is 290 g/mol. The van der Waals surface area contributed by atoms with Crippen LogP contribution in [0.2, 0.25) is 0 Å². The number of rotatable bonds is 6. The van der Waals surface area contributed by atoms with E-state index < -0.39 is 0 Å². The lowest BCUT2D eigenvalue weighted by Crippen LogP contribution is -2.27. The predicted octanol–water partition coefficient (Wildman–Crippen LogP) is 3.11. The second-order valence-electron chi connectivity index (χ2n) is 5.66. The highest BCUT2D eigenvalue weighted by Crippen LogP contribution is 2.26. The molecule has 0 saturated heterocycles. The zero-order valence-corrected chi connectivity index (χ0v) is 13.7. The topological polar surface area (TPSA) is 39.7 Å². The lowest BCUT2D eigenvalue weighted by atomic mass is 9.97. The van der Waals surface area contributed by atoms with E-state index in [9.17, 15) is 0 Å². The average Bonchev–Trinajstić information content (AvgIpc) is 2.61. The van der Waals surface area contributed by atoms with Crippen LogP contribution in [-0.2, 0) is 17.7 Å². The van der Waals surface area contributed by atoms with Crippen molar-refractivity contribution in [1.29, 1.82) is 0 Å². The summed E-state index contributed by atoms with van der Waals surface area (Å²) in [5.41, 5.74) is 3.83. The summed E-state index contributed by atoms with van der Waals surface area (Å²) in [4.78, 5) is 0. The van der Waals surface area contributed by atoms with Crippen molar-refractivity contribution in [2.45, 2.75) is 19.1 Å². The highest BCUT2D eigenvalue weighted by Gasteiger charge is 2.19. The molecule has 1 aliphatic heterocycles. The van der Waals surface area contributed by atoms with Gasteiger partial charge >= 0.3 is 0 Å². The first-order chi connectivity index (χ1) is 11.3. The summed E-state index contributed by atoms with van der Waals surface area (Å²) in [6.07, 6.45) is 1.12. The largest absolute Gasteiger partial charge is 0.497 e. The molecule has 1 atom stereocenters. The van der Waals surface area contributed by atoms with Crippen molar-refractivity contribution in [2.75, 3.05) is 27.4 Å². The first kappa shape index (κ1) is 15.8. The highest BCUT2D eigenvalue weighted by molar-refractivity contribution is 5.38. The molecule has 4 heteroatoms. The molecule has 0 aromatic heterocycles. The van der Waals surface area contributed by atoms with Gasteiger partial charge in [0.25, 0.3) is 0 Å². The number of hydrogen-bond donors (Lipinski definition) is 1. The molecule has 0 unspecified atom stereocenters. The molecular formula is C19H23NO3. The van der Waals surface area contributed by atoms with E-state index in [4.69, 9.17) is 14.2 Å². The first-order valence-corrected chi connectivity index (χ1v) is 7.92. The number of fused-ring (bicyclic) bond motifs is 1. The van der Waals surface area contributed by atoms with E-state index in [0.29, 0.717) is 0 Å². The standard InChI is InChI=1S/C19H23NO3/c1-21-16-9-14(10-17(11-16)22-2)12-20-13-19-18-6-4-3-5-15(18)7-8-23-19/h3-6,9-11,19-20H,7-8,12-13H2,1-2H3/t19-/m0/s1. The second kappa shape index (κ2) is 7.49. The van der Waals surface area contributed by atoms with Crippen LogP contribution in [-0.4, -0.2) is 27.4 Å². The van der Waals surface area contributed by atoms with Gasteiger partial charge in [-0.05, 0) is 35.2 Å². The fourth-order valence-corrected chi connectivity index (χ4v) is 2.96. The molecule has 1 heterocycles. The third kappa shape index (κ3) is 3.84. The van der Waals surface area contributed by atoms with E-state index in [1.165, 1.54) is 11.1 Å². The molecule has 0 saturated carbocycles. The number of benzene rings is 2. The van der Waals surface area contributed by atoms with Crippen LogP contribution in [0.4, 0.5) is 0 Å². The predicted molar refractivity (Wildman–Crippen MR) is 90.1 cm³/mol. The second-order valence-corrected chi connectivity index (χ2v) is 5.66. The van der Waals surface area contributed by atoms with Crippen LogP contribution < -0.4 is 14.8 Å². The van der Waals surface area contributed by atoms with Gasteiger partial charge in [-0.2, -0.15) is 0 Å². The van der Waals surface area contributed by atoms with Crippen molar-refractivity contribution in [3.05, 3.63) is 59.2 Å². The van der Waals surface area contributed by atoms with Gasteiger partial charge in [0.2, 0.25) is 0 Å². The summed E-state index contributed by atoms with van der Waals surface area (Å²) in [7, 11) is 3.33. The zero-order valence-electron chi connectivity index (χ0n) is 13.7. The van der Waals surface area contributed by atoms with Crippen LogP contribution in [0.5, 0.6) is 11.5 Å². The Bertz CT molecular complexity index is 635. The van der Waals surface area contributed by atoms with Gasteiger partial charge in [0.15, 0.2) is 0 Å². The molecule has 122 valence electrons. The smallest absolute Gasteiger partial charge is 0.122 e. The normalized spacial score (nSPS) is 16.7. The van der Waals surface area contributed by atoms with Crippen molar-refractivity contribution in [3.63, 3.8) is 0 Å². The molecule has 2 aromatic carbocycles. The Morgan fingerprint density at radius 2 is 1.83 bits per heavy atom. The van der Waals surface area contributed by atoms with Crippen LogP contribution in [0.15, 0.2) is 42.5 Å². The van der Waals surface area contributed by atoms with Crippen molar-refractivity contribution in [1.82, 2.24) is 5.32 Å². The molecule has 0 radical (unpaired) electrons. The van der Waals surface area contributed by atoms with Gasteiger partial charge in [0, 0.05) is 19.2 Å². The Hall–Kier alpha value is -2.04. The van der Waals surface area contributed by atoms with Crippen LogP contribution in [0.3, 0.4) is 0 Å². The molecule has 0 aliphatic carbocycles. The summed E-state index contributed by atoms with van der Waals surface area (Å²) in [5, 5.41) is 3.48. The summed E-state index contributed by atoms with van der Waals surface area (Å²) in [6.45, 7) is 2.32. The van der Waals surface area contributed by atoms with Crippen molar-refractivity contribution in [2.24, 2.45) is 0 Å². The molecule has 1 aliphatic rings. The third-order valence-corrected chi connectivity index (χ3v) is 4.16. The van der Waals surface area contributed by atoms with Gasteiger partial charge < -0.3 is 19.5 Å². The number of nitrogens with one attached hydrogen (secondary N) is 1. The molecule has 0 bridgehead atoms. The van der Waals surface area contributed by atoms with E-state index in [-0.39, 0.29) is 6.10 Å². The van der Waals surface area contributed by atoms with E-state index in [1.807, 2.05) is 18.2 Å². The van der Waals surface area contributed by atoms with Crippen molar-refractivity contribution < 1.29 is 14.2 Å². The Morgan fingerprint density at radius 1 is 1.09 bits per heavy atom. The van der Waals surface area contributed by atoms with Crippen molar-refractivity contribution in [3.8, 4) is 11.5 Å². The van der Waals surface area contributed by atoms with Crippen LogP contribution in [0.1, 0.15) is 22.8 Å². The van der Waals surface area contributed by atoms with Crippen molar-refractivity contribution >= 4 is 0 Å². The minimum Gasteiger partial charge on any atom is -0.497 e. The first-order valence-electron chi connectivity index (χ1n) is 7.92. The zero-order chi connectivity index (χ0) is 16.1. The Morgan fingerprint density at radius 3 is 2.57 bits per heavy atom. The molecule has 0 fully saturated rings. The summed E-state index contributed by atoms with van der Waals surface area (Å²) in [5.74, 6) is 1.61. The molecule has 0 amide bonds. The van der Waals surface area contributed by atoms with Gasteiger partial charge in [-0.15, -0.1) is 0 Å². The summed E-state index contributed by atoms with van der Waals surface area (Å²) >= 11 is 0. The fraction of sp³-hybridized carbons (Fsp3) is 0.368. The van der Waals surface area contributed by atoms with Crippen LogP contribution in [0.25, 0.3) is 0 Å². The average molecular weight is 313 g/mol. The number of hydrogen-bond acceptors (Lipinski definition) is 4. The minimum absolute atomic E-state index is 0.118. The molecule has 2 aromatic rings. The van der Waals surface area contributed by atoms with E-state index in [2.05, 4.69) is 29.6 Å². The summed E-state index contributed by atoms with van der Waals surface area (Å²) < 4.78 is 16.5. The number of methoxy groups -OCH3 is 2. The monoisotopic (exact) mass is 313 g/mol. The Balaban J connectivity index is 1.62. The van der Waals surface area contributed by atoms with Gasteiger partial charge in [-0.25, -0.2) is 0 Å². The van der Waals surface area contributed by atoms with E-state index in [0.717, 1.165) is 43.2 Å². The maximum Gasteiger partial charge on any atom is 0.122 e. The Labute approximate surface area is 137 Å². The Kier molecular flexibility index (Phi) is 5.16. The molecule has 4 nitrogen and oxygen atoms in total. The maximum atomic E-state index is 5.92. The van der Waals surface area contributed by atoms with Gasteiger partial charge in [0.1, 0.15) is 11.5 Å². The lowest BCUT2D eigenvalue weighted by molar-refractivity contribution is 0.0423. The molecule has 0 spiro atoms. The molecule has 3 rings (SSSR count). The van der Waals surface area contributed by atoms with Crippen LogP contribution >= 0.6 is 0 Å². The van der Waals surface area contributed by atoms with E-state index >= 15 is 0 Å². The lowest BCUT2D eigenvalue weighted by Gasteiger charge is -2.26. The van der Waals surface area contributed by atoms with E-state index in [1.54, 1.807) is 14.2 Å². The van der Waals surface area contributed by atoms with Gasteiger partial charge in [0.05, 0.1) is 26.9 Å². The third-order valence-electron chi connectivity index (χ3n) is 4.16.